The molecule has 0 spiro atoms. The van der Waals surface area contributed by atoms with Crippen molar-refractivity contribution < 1.29 is 44.3 Å². The molecule has 4 aliphatic carbocycles. The van der Waals surface area contributed by atoms with Crippen molar-refractivity contribution in [3.05, 3.63) is 60.2 Å². The molecule has 306 valence electrons. The van der Waals surface area contributed by atoms with Crippen LogP contribution in [0.25, 0.3) is 0 Å². The summed E-state index contributed by atoms with van der Waals surface area (Å²) in [6, 6.07) is 17.4. The maximum Gasteiger partial charge on any atom is 0.335 e. The number of carbonyl (C=O) groups is 4. The first-order valence-corrected chi connectivity index (χ1v) is 20.8. The normalized spacial score (nSPS) is 28.8. The van der Waals surface area contributed by atoms with Crippen molar-refractivity contribution in [2.24, 2.45) is 34.5 Å². The van der Waals surface area contributed by atoms with E-state index in [1.807, 2.05) is 24.8 Å². The van der Waals surface area contributed by atoms with Gasteiger partial charge in [-0.25, -0.2) is 9.59 Å². The fraction of sp³-hybridized carbons (Fsp3) is 0.591. The Kier molecular flexibility index (Phi) is 14.2. The topological polar surface area (TPSA) is 165 Å². The van der Waals surface area contributed by atoms with Crippen LogP contribution in [0, 0.1) is 34.5 Å². The molecule has 9 atom stereocenters. The van der Waals surface area contributed by atoms with E-state index in [2.05, 4.69) is 93.2 Å². The minimum atomic E-state index is -2.27. The van der Waals surface area contributed by atoms with Crippen LogP contribution >= 0.6 is 11.8 Å². The molecule has 2 aromatic rings. The number of hydrogen-bond acceptors (Lipinski definition) is 10. The Balaban J connectivity index is 0.000000176. The number of benzene rings is 2. The molecular formula is C44H60N2O9S. The number of aliphatic carboxylic acids is 2. The summed E-state index contributed by atoms with van der Waals surface area (Å²) in [5.41, 5.74) is 4.50. The summed E-state index contributed by atoms with van der Waals surface area (Å²) in [5.74, 6) is -0.510. The second-order valence-corrected chi connectivity index (χ2v) is 18.1. The summed E-state index contributed by atoms with van der Waals surface area (Å²) in [6.45, 7) is 11.2. The number of aliphatic hydroxyl groups excluding tert-OH is 2. The lowest BCUT2D eigenvalue weighted by atomic mass is 9.47. The highest BCUT2D eigenvalue weighted by atomic mass is 32.2. The summed E-state index contributed by atoms with van der Waals surface area (Å²) in [4.78, 5) is 50.8. The highest BCUT2D eigenvalue weighted by Crippen LogP contribution is 2.65. The van der Waals surface area contributed by atoms with Gasteiger partial charge in [-0.05, 0) is 118 Å². The third kappa shape index (κ3) is 9.35. The van der Waals surface area contributed by atoms with Crippen molar-refractivity contribution in [2.75, 3.05) is 32.1 Å². The van der Waals surface area contributed by atoms with Crippen molar-refractivity contribution in [3.63, 3.8) is 0 Å². The number of esters is 1. The van der Waals surface area contributed by atoms with Gasteiger partial charge in [-0.2, -0.15) is 0 Å². The van der Waals surface area contributed by atoms with Crippen molar-refractivity contribution in [2.45, 2.75) is 114 Å². The number of carboxylic acids is 2. The van der Waals surface area contributed by atoms with Gasteiger partial charge in [0.1, 0.15) is 6.10 Å². The van der Waals surface area contributed by atoms with Crippen LogP contribution in [0.1, 0.15) is 85.5 Å². The molecule has 0 amide bonds. The average molecular weight is 793 g/mol. The highest BCUT2D eigenvalue weighted by molar-refractivity contribution is 7.99. The maximum absolute atomic E-state index is 11.9. The Morgan fingerprint density at radius 3 is 2.02 bits per heavy atom. The SMILES string of the molecule is CC(CN(C)C)CN1c2ccccc2Sc2ccccc21.CCC(=O)OC1CCC2C3CCC4=CC(=O)CCC4(C)C3CCC12C.O=C(O)C(O)C(O)C(=O)O. The Morgan fingerprint density at radius 1 is 0.875 bits per heavy atom. The van der Waals surface area contributed by atoms with Gasteiger partial charge in [0.05, 0.1) is 11.4 Å². The van der Waals surface area contributed by atoms with Gasteiger partial charge in [-0.1, -0.05) is 69.3 Å². The molecule has 0 bridgehead atoms. The smallest absolute Gasteiger partial charge is 0.335 e. The molecule has 0 aromatic heterocycles. The largest absolute Gasteiger partial charge is 0.479 e. The fourth-order valence-corrected chi connectivity index (χ4v) is 11.3. The van der Waals surface area contributed by atoms with E-state index in [1.54, 1.807) is 0 Å². The second-order valence-electron chi connectivity index (χ2n) is 17.0. The number of rotatable bonds is 9. The molecule has 0 saturated heterocycles. The third-order valence-electron chi connectivity index (χ3n) is 12.9. The highest BCUT2D eigenvalue weighted by Gasteiger charge is 2.60. The molecule has 0 radical (unpaired) electrons. The van der Waals surface area contributed by atoms with Crippen LogP contribution in [0.2, 0.25) is 0 Å². The number of aliphatic hydroxyl groups is 2. The van der Waals surface area contributed by atoms with Crippen LogP contribution in [0.3, 0.4) is 0 Å². The molecule has 7 rings (SSSR count). The first-order valence-electron chi connectivity index (χ1n) is 20.0. The summed E-state index contributed by atoms with van der Waals surface area (Å²) >= 11 is 1.88. The summed E-state index contributed by atoms with van der Waals surface area (Å²) in [6.07, 6.45) is 6.73. The van der Waals surface area contributed by atoms with Crippen LogP contribution in [0.4, 0.5) is 11.4 Å². The molecule has 9 unspecified atom stereocenters. The van der Waals surface area contributed by atoms with E-state index >= 15 is 0 Å². The Hall–Kier alpha value is -3.71. The lowest BCUT2D eigenvalue weighted by Crippen LogP contribution is -2.51. The van der Waals surface area contributed by atoms with Crippen LogP contribution < -0.4 is 4.90 Å². The quantitative estimate of drug-likeness (QED) is 0.189. The number of anilines is 2. The minimum Gasteiger partial charge on any atom is -0.479 e. The molecule has 11 nitrogen and oxygen atoms in total. The monoisotopic (exact) mass is 792 g/mol. The zero-order valence-electron chi connectivity index (χ0n) is 33.6. The van der Waals surface area contributed by atoms with Crippen molar-refractivity contribution in [3.8, 4) is 0 Å². The Bertz CT molecular complexity index is 1720. The molecule has 3 fully saturated rings. The lowest BCUT2D eigenvalue weighted by Gasteiger charge is -2.57. The van der Waals surface area contributed by atoms with Crippen molar-refractivity contribution >= 4 is 46.8 Å². The van der Waals surface area contributed by atoms with E-state index in [0.717, 1.165) is 51.1 Å². The number of carbonyl (C=O) groups excluding carboxylic acids is 2. The van der Waals surface area contributed by atoms with E-state index < -0.39 is 24.1 Å². The molecule has 4 N–H and O–H groups in total. The second kappa shape index (κ2) is 18.3. The van der Waals surface area contributed by atoms with Crippen LogP contribution in [0.5, 0.6) is 0 Å². The van der Waals surface area contributed by atoms with Crippen LogP contribution in [-0.2, 0) is 23.9 Å². The van der Waals surface area contributed by atoms with Gasteiger partial charge in [-0.15, -0.1) is 0 Å². The van der Waals surface area contributed by atoms with E-state index in [0.29, 0.717) is 30.0 Å². The predicted molar refractivity (Wildman–Crippen MR) is 216 cm³/mol. The van der Waals surface area contributed by atoms with Crippen molar-refractivity contribution in [1.29, 1.82) is 0 Å². The maximum atomic E-state index is 11.9. The van der Waals surface area contributed by atoms with Gasteiger partial charge in [0.2, 0.25) is 0 Å². The number of fused-ring (bicyclic) bond motifs is 7. The first-order chi connectivity index (χ1) is 26.5. The average Bonchev–Trinajstić information content (AvgIpc) is 3.49. The van der Waals surface area contributed by atoms with Gasteiger partial charge in [0, 0.05) is 41.1 Å². The Morgan fingerprint density at radius 2 is 1.46 bits per heavy atom. The number of hydrogen-bond donors (Lipinski definition) is 4. The number of allylic oxidation sites excluding steroid dienone is 1. The number of carboxylic acid groups (broad SMARTS) is 2. The van der Waals surface area contributed by atoms with Gasteiger partial charge in [0.15, 0.2) is 18.0 Å². The van der Waals surface area contributed by atoms with Gasteiger partial charge in [0.25, 0.3) is 0 Å². The first kappa shape index (κ1) is 43.4. The van der Waals surface area contributed by atoms with E-state index in [9.17, 15) is 19.2 Å². The number of ketones is 1. The summed E-state index contributed by atoms with van der Waals surface area (Å²) in [5, 5.41) is 32.5. The van der Waals surface area contributed by atoms with E-state index in [-0.39, 0.29) is 22.9 Å². The third-order valence-corrected chi connectivity index (χ3v) is 14.1. The lowest BCUT2D eigenvalue weighted by molar-refractivity contribution is -0.165. The molecule has 5 aliphatic rings. The summed E-state index contributed by atoms with van der Waals surface area (Å²) < 4.78 is 5.86. The molecular weight excluding hydrogens is 733 g/mol. The zero-order chi connectivity index (χ0) is 40.9. The molecule has 3 saturated carbocycles. The fourth-order valence-electron chi connectivity index (χ4n) is 10.2. The molecule has 56 heavy (non-hydrogen) atoms. The molecule has 1 aliphatic heterocycles. The van der Waals surface area contributed by atoms with Crippen LogP contribution in [-0.4, -0.2) is 94.5 Å². The number of para-hydroxylation sites is 2. The Labute approximate surface area is 335 Å². The van der Waals surface area contributed by atoms with Crippen molar-refractivity contribution in [1.82, 2.24) is 4.90 Å². The van der Waals surface area contributed by atoms with Gasteiger partial charge in [-0.3, -0.25) is 9.59 Å². The standard InChI is InChI=1S/C22H32O3.C18H22N2S.C4H6O6/c1-4-20(24)25-19-8-7-17-16-6-5-14-13-15(23)9-11-21(14,2)18(16)10-12-22(17,19)3;1-14(12-19(2)3)13-20-15-8-4-6-10-17(15)21-18-11-7-5-9-16(18)20;5-1(3(7)8)2(6)4(9)10/h13,16-19H,4-12H2,1-3H3;4-11,14H,12-13H2,1-3H3;1-2,5-6H,(H,7,8)(H,9,10). The van der Waals surface area contributed by atoms with Crippen LogP contribution in [0.15, 0.2) is 70.0 Å². The van der Waals surface area contributed by atoms with Gasteiger partial charge >= 0.3 is 17.9 Å². The minimum absolute atomic E-state index is 0.0411. The number of nitrogens with zero attached hydrogens (tertiary/aromatic N) is 2. The van der Waals surface area contributed by atoms with E-state index in [4.69, 9.17) is 25.2 Å². The molecule has 1 heterocycles. The van der Waals surface area contributed by atoms with Gasteiger partial charge < -0.3 is 35.0 Å². The predicted octanol–water partition coefficient (Wildman–Crippen LogP) is 7.20. The number of ether oxygens (including phenoxy) is 1. The zero-order valence-corrected chi connectivity index (χ0v) is 34.5. The van der Waals surface area contributed by atoms with E-state index in [1.165, 1.54) is 46.0 Å². The molecule has 12 heteroatoms. The summed E-state index contributed by atoms with van der Waals surface area (Å²) in [7, 11) is 4.29. The molecule has 2 aromatic carbocycles.